The second-order valence-corrected chi connectivity index (χ2v) is 20.9. The molecular formula is C34H27ClN12Na4O15S5+4. The third-order valence-corrected chi connectivity index (χ3v) is 13.6. The van der Waals surface area contributed by atoms with Crippen molar-refractivity contribution in [2.24, 2.45) is 26.2 Å². The van der Waals surface area contributed by atoms with Gasteiger partial charge in [-0.25, -0.2) is 13.2 Å². The Morgan fingerprint density at radius 1 is 0.592 bits per heavy atom. The third kappa shape index (κ3) is 16.4. The molecule has 0 spiro atoms. The van der Waals surface area contributed by atoms with Crippen LogP contribution in [0.2, 0.25) is 5.28 Å². The Balaban J connectivity index is 0.00000432. The summed E-state index contributed by atoms with van der Waals surface area (Å²) in [7, 11) is -24.3. The Kier molecular flexibility index (Phi) is 22.5. The van der Waals surface area contributed by atoms with Gasteiger partial charge in [0.15, 0.2) is 9.84 Å². The van der Waals surface area contributed by atoms with Gasteiger partial charge in [0.2, 0.25) is 17.2 Å². The molecule has 0 aliphatic heterocycles. The summed E-state index contributed by atoms with van der Waals surface area (Å²) < 4.78 is 160. The van der Waals surface area contributed by atoms with Gasteiger partial charge in [-0.1, -0.05) is 6.58 Å². The summed E-state index contributed by atoms with van der Waals surface area (Å²) in [5.74, 6) is -0.614. The molecule has 11 N–H and O–H groups in total. The quantitative estimate of drug-likeness (QED) is 0.0200. The van der Waals surface area contributed by atoms with Crippen LogP contribution in [-0.2, 0) is 50.3 Å². The Hall–Kier alpha value is -3.14. The minimum atomic E-state index is -5.26. The number of aromatic nitrogens is 3. The molecule has 0 aliphatic carbocycles. The van der Waals surface area contributed by atoms with Crippen molar-refractivity contribution in [3.63, 3.8) is 0 Å². The molecule has 0 radical (unpaired) electrons. The molecule has 0 aliphatic rings. The summed E-state index contributed by atoms with van der Waals surface area (Å²) in [6, 6.07) is 11.8. The van der Waals surface area contributed by atoms with Gasteiger partial charge in [0.25, 0.3) is 40.5 Å². The fraction of sp³-hybridized carbons (Fsp3) is 0. The van der Waals surface area contributed by atoms with Crippen LogP contribution >= 0.6 is 11.6 Å². The molecule has 2 amide bonds. The van der Waals surface area contributed by atoms with Crippen LogP contribution in [0.25, 0.3) is 10.8 Å². The summed E-state index contributed by atoms with van der Waals surface area (Å²) in [6.45, 7) is 3.26. The van der Waals surface area contributed by atoms with E-state index in [1.165, 1.54) is 42.5 Å². The number of nitrogens with one attached hydrogen (secondary N) is 3. The number of anilines is 6. The molecular weight excluding hydrogens is 1100 g/mol. The van der Waals surface area contributed by atoms with Crippen molar-refractivity contribution in [3.8, 4) is 0 Å². The fourth-order valence-electron chi connectivity index (χ4n) is 5.62. The molecule has 27 nitrogen and oxygen atoms in total. The van der Waals surface area contributed by atoms with Gasteiger partial charge in [-0.15, -0.1) is 15.3 Å². The number of hydrogen-bond donors (Lipinski definition) is 9. The van der Waals surface area contributed by atoms with E-state index in [0.717, 1.165) is 17.5 Å². The van der Waals surface area contributed by atoms with E-state index in [0.29, 0.717) is 24.3 Å². The Morgan fingerprint density at radius 2 is 1.15 bits per heavy atom. The van der Waals surface area contributed by atoms with Gasteiger partial charge < -0.3 is 27.4 Å². The molecule has 0 unspecified atom stereocenters. The van der Waals surface area contributed by atoms with Crippen LogP contribution in [-0.4, -0.2) is 81.3 Å². The molecule has 0 fully saturated rings. The molecule has 71 heavy (non-hydrogen) atoms. The van der Waals surface area contributed by atoms with Gasteiger partial charge >= 0.3 is 124 Å². The zero-order valence-corrected chi connectivity index (χ0v) is 49.6. The Bertz CT molecular complexity index is 3730. The number of benzene rings is 5. The number of urea groups is 1. The number of rotatable bonds is 15. The number of hydrogen-bond acceptors (Lipinski definition) is 21. The van der Waals surface area contributed by atoms with Gasteiger partial charge in [-0.3, -0.25) is 18.2 Å². The maximum Gasteiger partial charge on any atom is 1.00 e. The molecule has 350 valence electrons. The van der Waals surface area contributed by atoms with Crippen LogP contribution in [0.1, 0.15) is 0 Å². The normalized spacial score (nSPS) is 12.0. The molecule has 5 aromatic carbocycles. The van der Waals surface area contributed by atoms with E-state index in [-0.39, 0.29) is 169 Å². The molecule has 1 heterocycles. The number of primary amides is 1. The first-order valence-corrected chi connectivity index (χ1v) is 25.1. The molecule has 37 heteroatoms. The van der Waals surface area contributed by atoms with Gasteiger partial charge in [-0.2, -0.15) is 53.7 Å². The first-order chi connectivity index (χ1) is 31.0. The van der Waals surface area contributed by atoms with E-state index in [2.05, 4.69) is 57.9 Å². The average molecular weight is 1130 g/mol. The second-order valence-electron chi connectivity index (χ2n) is 13.1. The zero-order chi connectivity index (χ0) is 49.4. The summed E-state index contributed by atoms with van der Waals surface area (Å²) in [4.78, 5) is 20.1. The molecule has 0 saturated heterocycles. The molecule has 1 aromatic heterocycles. The maximum absolute atomic E-state index is 12.4. The number of nitrogen functional groups attached to an aromatic ring is 1. The van der Waals surface area contributed by atoms with Crippen LogP contribution in [0.5, 0.6) is 0 Å². The van der Waals surface area contributed by atoms with Crippen molar-refractivity contribution in [3.05, 3.63) is 96.1 Å². The predicted molar refractivity (Wildman–Crippen MR) is 237 cm³/mol. The van der Waals surface area contributed by atoms with Gasteiger partial charge in [0.1, 0.15) is 31.7 Å². The summed E-state index contributed by atoms with van der Waals surface area (Å²) >= 11 is 6.19. The van der Waals surface area contributed by atoms with Crippen molar-refractivity contribution in [2.45, 2.75) is 24.5 Å². The van der Waals surface area contributed by atoms with E-state index in [9.17, 15) is 65.1 Å². The van der Waals surface area contributed by atoms with Crippen LogP contribution in [0.3, 0.4) is 0 Å². The first kappa shape index (κ1) is 64.0. The van der Waals surface area contributed by atoms with Crippen LogP contribution < -0.4 is 146 Å². The van der Waals surface area contributed by atoms with Crippen LogP contribution in [0, 0.1) is 0 Å². The Morgan fingerprint density at radius 3 is 1.70 bits per heavy atom. The van der Waals surface area contributed by atoms with Gasteiger partial charge in [-0.05, 0) is 95.8 Å². The number of azo groups is 2. The molecule has 6 aromatic rings. The van der Waals surface area contributed by atoms with Crippen molar-refractivity contribution in [1.82, 2.24) is 15.0 Å². The van der Waals surface area contributed by atoms with Crippen LogP contribution in [0.4, 0.5) is 62.2 Å². The fourth-order valence-corrected chi connectivity index (χ4v) is 9.09. The van der Waals surface area contributed by atoms with Crippen molar-refractivity contribution >= 4 is 136 Å². The van der Waals surface area contributed by atoms with Crippen molar-refractivity contribution in [2.75, 3.05) is 21.7 Å². The minimum absolute atomic E-state index is 0. The zero-order valence-electron chi connectivity index (χ0n) is 36.8. The van der Waals surface area contributed by atoms with E-state index in [1.54, 1.807) is 0 Å². The van der Waals surface area contributed by atoms with Gasteiger partial charge in [0, 0.05) is 16.5 Å². The minimum Gasteiger partial charge on any atom is -0.398 e. The largest absolute Gasteiger partial charge is 1.00 e. The number of carbonyl (C=O) groups excluding carboxylic acids is 1. The van der Waals surface area contributed by atoms with Crippen LogP contribution in [0.15, 0.2) is 136 Å². The maximum atomic E-state index is 12.4. The molecule has 0 saturated carbocycles. The third-order valence-electron chi connectivity index (χ3n) is 8.52. The van der Waals surface area contributed by atoms with Gasteiger partial charge in [0.05, 0.1) is 32.5 Å². The van der Waals surface area contributed by atoms with Crippen molar-refractivity contribution < 1.29 is 183 Å². The SMILES string of the molecule is C=CS(=O)(=O)c1ccc(N=Nc2cc(S(=O)(=O)O)c(N)cc2Nc2nc(Cl)nc(Nc3ccc(N=Nc4cc5c(S(=O)(=O)O)cc(S(=O)(=O)O)cc5cc4S(=O)(=O)O)c(NC(N)=O)c3)n2)cc1.[Na+].[Na+].[Na+].[Na+]. The standard InChI is InChI=1S/C34H27ClN12O15S5.4Na/c1-2-63(49,50)19-6-3-17(4-7-19)44-46-26-15-29(66(57,58)59)22(36)14-25(26)40-34-42-31(35)41-33(43-34)38-18-5-8-23(24(11-18)39-32(37)48)45-47-27-13-21-16(10-30(27)67(60,61)62)9-20(64(51,52)53)12-28(21)65(54,55)56;;;;/h2-15H,1,36H2,(H3,37,39,48)(H,51,52,53)(H,54,55,56)(H,57,58,59)(H,60,61,62)(H2,38,40,41,42,43);;;;/q;4*+1. The number of nitrogens with zero attached hydrogens (tertiary/aromatic N) is 7. The number of amides is 2. The second kappa shape index (κ2) is 24.9. The number of halogens is 1. The smallest absolute Gasteiger partial charge is 0.398 e. The van der Waals surface area contributed by atoms with E-state index in [4.69, 9.17) is 23.1 Å². The first-order valence-electron chi connectivity index (χ1n) is 17.4. The van der Waals surface area contributed by atoms with Crippen molar-refractivity contribution in [1.29, 1.82) is 0 Å². The topological polar surface area (TPSA) is 445 Å². The monoisotopic (exact) mass is 1130 g/mol. The summed E-state index contributed by atoms with van der Waals surface area (Å²) in [6.07, 6.45) is 0. The van der Waals surface area contributed by atoms with E-state index >= 15 is 0 Å². The number of sulfone groups is 1. The predicted octanol–water partition coefficient (Wildman–Crippen LogP) is -6.01. The van der Waals surface area contributed by atoms with E-state index < -0.39 is 103 Å². The number of fused-ring (bicyclic) bond motifs is 1. The number of nitrogens with two attached hydrogens (primary N) is 2. The van der Waals surface area contributed by atoms with E-state index in [1.807, 2.05) is 0 Å². The molecule has 0 bridgehead atoms. The average Bonchev–Trinajstić information content (AvgIpc) is 3.20. The molecule has 0 atom stereocenters. The molecule has 6 rings (SSSR count). The summed E-state index contributed by atoms with van der Waals surface area (Å²) in [5, 5.41) is 22.7. The number of carbonyl (C=O) groups is 1. The summed E-state index contributed by atoms with van der Waals surface area (Å²) in [5.41, 5.74) is 9.36. The Labute approximate surface area is 496 Å².